The van der Waals surface area contributed by atoms with Crippen LogP contribution in [0.4, 0.5) is 4.39 Å². The maximum absolute atomic E-state index is 14.0. The molecule has 0 aliphatic carbocycles. The summed E-state index contributed by atoms with van der Waals surface area (Å²) in [4.78, 5) is 1.84. The maximum Gasteiger partial charge on any atom is 0.121 e. The molecule has 3 nitrogen and oxygen atoms in total. The monoisotopic (exact) mass is 251 g/mol. The van der Waals surface area contributed by atoms with Crippen LogP contribution in [-0.2, 0) is 0 Å². The first-order valence-corrected chi connectivity index (χ1v) is 6.24. The summed E-state index contributed by atoms with van der Waals surface area (Å²) < 4.78 is 14.0. The van der Waals surface area contributed by atoms with E-state index in [2.05, 4.69) is 19.8 Å². The zero-order chi connectivity index (χ0) is 13.7. The van der Waals surface area contributed by atoms with Crippen molar-refractivity contribution in [2.45, 2.75) is 26.4 Å². The first-order valence-electron chi connectivity index (χ1n) is 6.24. The highest BCUT2D eigenvalue weighted by atomic mass is 19.1. The zero-order valence-electron chi connectivity index (χ0n) is 11.1. The summed E-state index contributed by atoms with van der Waals surface area (Å²) >= 11 is 0. The molecule has 1 aliphatic rings. The maximum atomic E-state index is 14.0. The number of allylic oxidation sites excluding steroid dienone is 3. The van der Waals surface area contributed by atoms with Gasteiger partial charge >= 0.3 is 0 Å². The fourth-order valence-corrected chi connectivity index (χ4v) is 2.24. The van der Waals surface area contributed by atoms with Crippen LogP contribution in [0.1, 0.15) is 20.3 Å². The Morgan fingerprint density at radius 1 is 1.44 bits per heavy atom. The van der Waals surface area contributed by atoms with Gasteiger partial charge in [-0.2, -0.15) is 0 Å². The number of alkyl halides is 1. The van der Waals surface area contributed by atoms with Gasteiger partial charge in [0.05, 0.1) is 18.1 Å². The van der Waals surface area contributed by atoms with Crippen LogP contribution in [0.5, 0.6) is 0 Å². The molecule has 2 atom stereocenters. The first kappa shape index (κ1) is 14.4. The predicted molar refractivity (Wildman–Crippen MR) is 72.8 cm³/mol. The molecule has 1 fully saturated rings. The van der Waals surface area contributed by atoms with Gasteiger partial charge in [-0.05, 0) is 30.4 Å². The molecule has 0 aromatic heterocycles. The van der Waals surface area contributed by atoms with E-state index in [1.54, 1.807) is 12.2 Å². The first-order chi connectivity index (χ1) is 8.45. The van der Waals surface area contributed by atoms with Crippen molar-refractivity contribution in [3.05, 3.63) is 23.7 Å². The molecule has 1 saturated heterocycles. The molecule has 0 aromatic rings. The van der Waals surface area contributed by atoms with Gasteiger partial charge in [0.25, 0.3) is 0 Å². The number of halogens is 1. The average molecular weight is 251 g/mol. The minimum Gasteiger partial charge on any atom is -0.392 e. The Morgan fingerprint density at radius 3 is 2.61 bits per heavy atom. The second-order valence-electron chi connectivity index (χ2n) is 5.02. The molecule has 0 saturated carbocycles. The van der Waals surface area contributed by atoms with Crippen molar-refractivity contribution in [2.24, 2.45) is 23.3 Å². The Hall–Kier alpha value is -1.63. The second kappa shape index (κ2) is 6.34. The fraction of sp³-hybridized carbons (Fsp3) is 0.571. The number of rotatable bonds is 3. The van der Waals surface area contributed by atoms with E-state index < -0.39 is 6.17 Å². The van der Waals surface area contributed by atoms with Gasteiger partial charge in [-0.15, -0.1) is 6.42 Å². The van der Waals surface area contributed by atoms with Gasteiger partial charge in [-0.3, -0.25) is 0 Å². The molecule has 4 N–H and O–H groups in total. The Morgan fingerprint density at radius 2 is 2.11 bits per heavy atom. The number of hydrogen-bond acceptors (Lipinski definition) is 3. The molecular weight excluding hydrogens is 229 g/mol. The van der Waals surface area contributed by atoms with E-state index in [9.17, 15) is 4.39 Å². The predicted octanol–water partition coefficient (Wildman–Crippen LogP) is 1.58. The van der Waals surface area contributed by atoms with E-state index in [1.807, 2.05) is 4.90 Å². The van der Waals surface area contributed by atoms with Crippen LogP contribution in [0.15, 0.2) is 23.7 Å². The summed E-state index contributed by atoms with van der Waals surface area (Å²) in [5, 5.41) is 0. The van der Waals surface area contributed by atoms with E-state index in [0.717, 1.165) is 13.0 Å². The standard InChI is InChI=1S/C14H22FN3/c1-4-11(16)5-6-14(17)18-8-7-12(10(2)3)13(15)9-18/h1,5-6,10,12-13H,7-9,16-17H2,2-3H3/b11-5-,14-6+/t12-,13-/m0/s1. The molecule has 0 amide bonds. The average Bonchev–Trinajstić information content (AvgIpc) is 2.34. The van der Waals surface area contributed by atoms with E-state index in [0.29, 0.717) is 24.0 Å². The molecule has 1 rings (SSSR count). The normalized spacial score (nSPS) is 26.3. The number of terminal acetylenes is 1. The SMILES string of the molecule is C#C/C(N)=C/C=C(\N)N1CC[C@@H](C(C)C)[C@@H](F)C1. The Labute approximate surface area is 109 Å². The molecule has 1 aliphatic heterocycles. The van der Waals surface area contributed by atoms with Crippen LogP contribution < -0.4 is 11.5 Å². The summed E-state index contributed by atoms with van der Waals surface area (Å²) in [5.41, 5.74) is 11.7. The van der Waals surface area contributed by atoms with Crippen molar-refractivity contribution < 1.29 is 4.39 Å². The largest absolute Gasteiger partial charge is 0.392 e. The summed E-state index contributed by atoms with van der Waals surface area (Å²) in [6.07, 6.45) is 8.31. The van der Waals surface area contributed by atoms with Crippen molar-refractivity contribution in [2.75, 3.05) is 13.1 Å². The fourth-order valence-electron chi connectivity index (χ4n) is 2.24. The van der Waals surface area contributed by atoms with E-state index in [4.69, 9.17) is 17.9 Å². The summed E-state index contributed by atoms with van der Waals surface area (Å²) in [6.45, 7) is 5.23. The van der Waals surface area contributed by atoms with E-state index in [1.165, 1.54) is 0 Å². The lowest BCUT2D eigenvalue weighted by Gasteiger charge is -2.37. The molecule has 0 bridgehead atoms. The topological polar surface area (TPSA) is 55.3 Å². The number of piperidine rings is 1. The van der Waals surface area contributed by atoms with Crippen LogP contribution in [0.2, 0.25) is 0 Å². The van der Waals surface area contributed by atoms with Crippen LogP contribution in [0.3, 0.4) is 0 Å². The van der Waals surface area contributed by atoms with Crippen molar-refractivity contribution >= 4 is 0 Å². The van der Waals surface area contributed by atoms with Gasteiger partial charge < -0.3 is 16.4 Å². The number of hydrogen-bond donors (Lipinski definition) is 2. The van der Waals surface area contributed by atoms with Gasteiger partial charge in [0, 0.05) is 6.54 Å². The number of nitrogens with zero attached hydrogens (tertiary/aromatic N) is 1. The van der Waals surface area contributed by atoms with Crippen molar-refractivity contribution in [3.63, 3.8) is 0 Å². The molecule has 0 aromatic carbocycles. The minimum absolute atomic E-state index is 0.125. The molecule has 4 heteroatoms. The lowest BCUT2D eigenvalue weighted by molar-refractivity contribution is 0.0787. The Bertz CT molecular complexity index is 379. The second-order valence-corrected chi connectivity index (χ2v) is 5.02. The molecule has 0 radical (unpaired) electrons. The van der Waals surface area contributed by atoms with E-state index >= 15 is 0 Å². The third-order valence-electron chi connectivity index (χ3n) is 3.41. The van der Waals surface area contributed by atoms with Gasteiger partial charge in [0.1, 0.15) is 6.17 Å². The third kappa shape index (κ3) is 3.69. The summed E-state index contributed by atoms with van der Waals surface area (Å²) in [5.74, 6) is 3.30. The zero-order valence-corrected chi connectivity index (χ0v) is 11.1. The highest BCUT2D eigenvalue weighted by molar-refractivity contribution is 5.27. The van der Waals surface area contributed by atoms with E-state index in [-0.39, 0.29) is 5.92 Å². The van der Waals surface area contributed by atoms with Crippen molar-refractivity contribution in [1.29, 1.82) is 0 Å². The quantitative estimate of drug-likeness (QED) is 0.591. The lowest BCUT2D eigenvalue weighted by atomic mass is 9.85. The third-order valence-corrected chi connectivity index (χ3v) is 3.41. The Balaban J connectivity index is 2.64. The smallest absolute Gasteiger partial charge is 0.121 e. The number of likely N-dealkylation sites (tertiary alicyclic amines) is 1. The Kier molecular flexibility index (Phi) is 5.08. The molecule has 0 unspecified atom stereocenters. The van der Waals surface area contributed by atoms with Crippen LogP contribution in [0.25, 0.3) is 0 Å². The molecule has 100 valence electrons. The van der Waals surface area contributed by atoms with Gasteiger partial charge in [0.15, 0.2) is 0 Å². The van der Waals surface area contributed by atoms with Crippen molar-refractivity contribution in [1.82, 2.24) is 4.90 Å². The molecule has 18 heavy (non-hydrogen) atoms. The van der Waals surface area contributed by atoms with Crippen molar-refractivity contribution in [3.8, 4) is 12.3 Å². The van der Waals surface area contributed by atoms with Gasteiger partial charge in [-0.1, -0.05) is 19.8 Å². The number of nitrogens with two attached hydrogens (primary N) is 2. The van der Waals surface area contributed by atoms with Gasteiger partial charge in [-0.25, -0.2) is 4.39 Å². The molecular formula is C14H22FN3. The summed E-state index contributed by atoms with van der Waals surface area (Å²) in [6, 6.07) is 0. The minimum atomic E-state index is -0.834. The van der Waals surface area contributed by atoms with Crippen LogP contribution in [-0.4, -0.2) is 24.2 Å². The lowest BCUT2D eigenvalue weighted by Crippen LogP contribution is -2.44. The summed E-state index contributed by atoms with van der Waals surface area (Å²) in [7, 11) is 0. The highest BCUT2D eigenvalue weighted by Crippen LogP contribution is 2.28. The molecule has 0 spiro atoms. The van der Waals surface area contributed by atoms with Crippen LogP contribution in [0, 0.1) is 24.2 Å². The highest BCUT2D eigenvalue weighted by Gasteiger charge is 2.31. The van der Waals surface area contributed by atoms with Crippen LogP contribution >= 0.6 is 0 Å². The van der Waals surface area contributed by atoms with Gasteiger partial charge in [0.2, 0.25) is 0 Å². The molecule has 1 heterocycles.